The van der Waals surface area contributed by atoms with Gasteiger partial charge in [-0.25, -0.2) is 0 Å². The van der Waals surface area contributed by atoms with E-state index in [-0.39, 0.29) is 23.2 Å². The van der Waals surface area contributed by atoms with Crippen LogP contribution in [-0.2, 0) is 14.3 Å². The van der Waals surface area contributed by atoms with Crippen molar-refractivity contribution in [1.29, 1.82) is 0 Å². The first-order valence-corrected chi connectivity index (χ1v) is 7.16. The van der Waals surface area contributed by atoms with Crippen molar-refractivity contribution < 1.29 is 19.4 Å². The molecule has 2 aliphatic carbocycles. The highest BCUT2D eigenvalue weighted by atomic mass is 16.6. The van der Waals surface area contributed by atoms with Crippen molar-refractivity contribution in [3.8, 4) is 0 Å². The quantitative estimate of drug-likeness (QED) is 0.782. The highest BCUT2D eigenvalue weighted by Gasteiger charge is 2.49. The number of carboxylic acid groups (broad SMARTS) is 1. The molecule has 0 aromatic heterocycles. The molecule has 0 unspecified atom stereocenters. The minimum Gasteiger partial charge on any atom is -0.481 e. The van der Waals surface area contributed by atoms with E-state index in [1.807, 2.05) is 20.8 Å². The molecule has 0 aliphatic heterocycles. The molecule has 0 bridgehead atoms. The van der Waals surface area contributed by atoms with Crippen molar-refractivity contribution in [2.24, 2.45) is 17.3 Å². The lowest BCUT2D eigenvalue weighted by Crippen LogP contribution is -2.44. The summed E-state index contributed by atoms with van der Waals surface area (Å²) in [5, 5.41) is 8.94. The third-order valence-electron chi connectivity index (χ3n) is 4.49. The van der Waals surface area contributed by atoms with E-state index in [4.69, 9.17) is 9.84 Å². The van der Waals surface area contributed by atoms with Crippen LogP contribution in [0.5, 0.6) is 0 Å². The van der Waals surface area contributed by atoms with Crippen LogP contribution in [0.2, 0.25) is 0 Å². The van der Waals surface area contributed by atoms with E-state index in [0.717, 1.165) is 38.5 Å². The molecule has 4 heteroatoms. The van der Waals surface area contributed by atoms with E-state index in [1.54, 1.807) is 0 Å². The van der Waals surface area contributed by atoms with E-state index < -0.39 is 11.6 Å². The zero-order valence-electron chi connectivity index (χ0n) is 12.1. The summed E-state index contributed by atoms with van der Waals surface area (Å²) in [5.74, 6) is -0.900. The maximum absolute atomic E-state index is 12.0. The van der Waals surface area contributed by atoms with Gasteiger partial charge in [-0.3, -0.25) is 9.59 Å². The second-order valence-corrected chi connectivity index (χ2v) is 7.25. The zero-order valence-corrected chi connectivity index (χ0v) is 12.1. The van der Waals surface area contributed by atoms with Gasteiger partial charge in [0.2, 0.25) is 0 Å². The van der Waals surface area contributed by atoms with Crippen LogP contribution < -0.4 is 0 Å². The Morgan fingerprint density at radius 3 is 2.05 bits per heavy atom. The standard InChI is InChI=1S/C15H24O4/c1-14(2,3)19-13(18)10-4-6-15(7-5-10)8-11(9-15)12(16)17/h10-11H,4-9H2,1-3H3,(H,16,17). The largest absolute Gasteiger partial charge is 0.481 e. The number of carboxylic acids is 1. The van der Waals surface area contributed by atoms with Gasteiger partial charge in [-0.05, 0) is 64.7 Å². The zero-order chi connectivity index (χ0) is 14.3. The van der Waals surface area contributed by atoms with Gasteiger partial charge in [0, 0.05) is 0 Å². The van der Waals surface area contributed by atoms with Crippen molar-refractivity contribution in [2.45, 2.75) is 64.9 Å². The van der Waals surface area contributed by atoms with E-state index >= 15 is 0 Å². The monoisotopic (exact) mass is 268 g/mol. The van der Waals surface area contributed by atoms with Gasteiger partial charge in [-0.2, -0.15) is 0 Å². The van der Waals surface area contributed by atoms with Crippen molar-refractivity contribution in [3.63, 3.8) is 0 Å². The number of esters is 1. The number of aliphatic carboxylic acids is 1. The molecular formula is C15H24O4. The van der Waals surface area contributed by atoms with Crippen LogP contribution in [0.15, 0.2) is 0 Å². The molecule has 0 aromatic carbocycles. The summed E-state index contributed by atoms with van der Waals surface area (Å²) in [4.78, 5) is 22.9. The van der Waals surface area contributed by atoms with E-state index in [1.165, 1.54) is 0 Å². The molecule has 0 saturated heterocycles. The number of carbonyl (C=O) groups is 2. The fraction of sp³-hybridized carbons (Fsp3) is 0.867. The Hall–Kier alpha value is -1.06. The van der Waals surface area contributed by atoms with Crippen LogP contribution in [0.25, 0.3) is 0 Å². The SMILES string of the molecule is CC(C)(C)OC(=O)C1CCC2(CC1)CC(C(=O)O)C2. The molecule has 2 saturated carbocycles. The van der Waals surface area contributed by atoms with E-state index in [2.05, 4.69) is 0 Å². The van der Waals surface area contributed by atoms with Crippen molar-refractivity contribution in [2.75, 3.05) is 0 Å². The van der Waals surface area contributed by atoms with Crippen molar-refractivity contribution in [3.05, 3.63) is 0 Å². The second kappa shape index (κ2) is 4.80. The Kier molecular flexibility index (Phi) is 3.63. The lowest BCUT2D eigenvalue weighted by Gasteiger charge is -2.49. The summed E-state index contributed by atoms with van der Waals surface area (Å²) in [5.41, 5.74) is -0.210. The average Bonchev–Trinajstić information content (AvgIpc) is 2.23. The smallest absolute Gasteiger partial charge is 0.309 e. The van der Waals surface area contributed by atoms with Crippen molar-refractivity contribution >= 4 is 11.9 Å². The lowest BCUT2D eigenvalue weighted by molar-refractivity contribution is -0.165. The summed E-state index contributed by atoms with van der Waals surface area (Å²) in [7, 11) is 0. The molecule has 2 aliphatic rings. The highest BCUT2D eigenvalue weighted by molar-refractivity contribution is 5.73. The minimum absolute atomic E-state index is 0.00808. The number of rotatable bonds is 2. The summed E-state index contributed by atoms with van der Waals surface area (Å²) in [6, 6.07) is 0. The van der Waals surface area contributed by atoms with Crippen LogP contribution in [0.3, 0.4) is 0 Å². The number of carbonyl (C=O) groups excluding carboxylic acids is 1. The van der Waals surface area contributed by atoms with Gasteiger partial charge in [0.05, 0.1) is 11.8 Å². The molecule has 108 valence electrons. The summed E-state index contributed by atoms with van der Waals surface area (Å²) < 4.78 is 5.42. The predicted molar refractivity (Wildman–Crippen MR) is 70.6 cm³/mol. The molecule has 0 atom stereocenters. The highest BCUT2D eigenvalue weighted by Crippen LogP contribution is 2.55. The number of hydrogen-bond acceptors (Lipinski definition) is 3. The van der Waals surface area contributed by atoms with Gasteiger partial charge in [-0.15, -0.1) is 0 Å². The van der Waals surface area contributed by atoms with Gasteiger partial charge in [-0.1, -0.05) is 0 Å². The molecule has 0 heterocycles. The van der Waals surface area contributed by atoms with Crippen LogP contribution >= 0.6 is 0 Å². The van der Waals surface area contributed by atoms with Crippen LogP contribution in [0, 0.1) is 17.3 Å². The van der Waals surface area contributed by atoms with Crippen LogP contribution in [0.4, 0.5) is 0 Å². The Balaban J connectivity index is 1.81. The molecular weight excluding hydrogens is 244 g/mol. The van der Waals surface area contributed by atoms with Gasteiger partial charge < -0.3 is 9.84 Å². The Labute approximate surface area is 114 Å². The average molecular weight is 268 g/mol. The molecule has 2 rings (SSSR count). The van der Waals surface area contributed by atoms with Gasteiger partial charge in [0.25, 0.3) is 0 Å². The lowest BCUT2D eigenvalue weighted by atomic mass is 9.54. The Bertz CT molecular complexity index is 364. The van der Waals surface area contributed by atoms with Gasteiger partial charge in [0.1, 0.15) is 5.60 Å². The third kappa shape index (κ3) is 3.28. The fourth-order valence-electron chi connectivity index (χ4n) is 3.42. The number of ether oxygens (including phenoxy) is 1. The topological polar surface area (TPSA) is 63.6 Å². The molecule has 1 spiro atoms. The first kappa shape index (κ1) is 14.4. The van der Waals surface area contributed by atoms with Crippen molar-refractivity contribution in [1.82, 2.24) is 0 Å². The second-order valence-electron chi connectivity index (χ2n) is 7.25. The van der Waals surface area contributed by atoms with E-state index in [0.29, 0.717) is 0 Å². The molecule has 2 fully saturated rings. The summed E-state index contributed by atoms with van der Waals surface area (Å²) in [6.45, 7) is 5.66. The summed E-state index contributed by atoms with van der Waals surface area (Å²) >= 11 is 0. The van der Waals surface area contributed by atoms with Gasteiger partial charge in [0.15, 0.2) is 0 Å². The Morgan fingerprint density at radius 2 is 1.63 bits per heavy atom. The van der Waals surface area contributed by atoms with Gasteiger partial charge >= 0.3 is 11.9 Å². The molecule has 0 amide bonds. The maximum atomic E-state index is 12.0. The molecule has 0 aromatic rings. The van der Waals surface area contributed by atoms with Crippen LogP contribution in [0.1, 0.15) is 59.3 Å². The first-order chi connectivity index (χ1) is 8.71. The molecule has 4 nitrogen and oxygen atoms in total. The minimum atomic E-state index is -0.667. The number of hydrogen-bond donors (Lipinski definition) is 1. The summed E-state index contributed by atoms with van der Waals surface area (Å²) in [6.07, 6.45) is 5.23. The Morgan fingerprint density at radius 1 is 1.11 bits per heavy atom. The van der Waals surface area contributed by atoms with Crippen LogP contribution in [-0.4, -0.2) is 22.6 Å². The normalized spacial score (nSPS) is 34.7. The fourth-order valence-corrected chi connectivity index (χ4v) is 3.42. The predicted octanol–water partition coefficient (Wildman–Crippen LogP) is 3.00. The third-order valence-corrected chi connectivity index (χ3v) is 4.49. The molecule has 0 radical (unpaired) electrons. The maximum Gasteiger partial charge on any atom is 0.309 e. The van der Waals surface area contributed by atoms with E-state index in [9.17, 15) is 9.59 Å². The molecule has 19 heavy (non-hydrogen) atoms. The molecule has 1 N–H and O–H groups in total. The first-order valence-electron chi connectivity index (χ1n) is 7.16.